The first-order chi connectivity index (χ1) is 14.0. The Morgan fingerprint density at radius 2 is 1.72 bits per heavy atom. The Kier molecular flexibility index (Phi) is 6.84. The van der Waals surface area contributed by atoms with E-state index in [0.29, 0.717) is 24.6 Å². The average molecular weight is 393 g/mol. The van der Waals surface area contributed by atoms with E-state index in [9.17, 15) is 9.18 Å². The molecule has 0 aliphatic heterocycles. The largest absolute Gasteiger partial charge is 0.350 e. The molecule has 6 nitrogen and oxygen atoms in total. The Balaban J connectivity index is 1.58. The van der Waals surface area contributed by atoms with Gasteiger partial charge in [-0.3, -0.25) is 9.78 Å². The van der Waals surface area contributed by atoms with Gasteiger partial charge >= 0.3 is 0 Å². The Morgan fingerprint density at radius 1 is 1.03 bits per heavy atom. The summed E-state index contributed by atoms with van der Waals surface area (Å²) in [6.45, 7) is 3.01. The molecule has 29 heavy (non-hydrogen) atoms. The number of carbonyl (C=O) groups is 1. The molecule has 1 amide bonds. The van der Waals surface area contributed by atoms with Crippen LogP contribution < -0.4 is 10.2 Å². The number of nitrogens with one attached hydrogen (secondary N) is 1. The molecule has 7 heteroatoms. The maximum atomic E-state index is 13.0. The van der Waals surface area contributed by atoms with Gasteiger partial charge in [0.25, 0.3) is 5.91 Å². The molecule has 150 valence electrons. The Bertz CT molecular complexity index is 947. The number of aryl methyl sites for hydroxylation is 1. The SMILES string of the molecule is Cc1cc(C(=O)NCCc2ccc(F)cc2)nc(N(C)CCc2ccncc2)n1. The molecule has 3 aromatic rings. The van der Waals surface area contributed by atoms with Crippen molar-refractivity contribution in [1.29, 1.82) is 0 Å². The predicted octanol–water partition coefficient (Wildman–Crippen LogP) is 2.97. The van der Waals surface area contributed by atoms with Crippen LogP contribution in [0.1, 0.15) is 27.3 Å². The number of anilines is 1. The number of rotatable bonds is 8. The van der Waals surface area contributed by atoms with Gasteiger partial charge in [-0.25, -0.2) is 14.4 Å². The first-order valence-electron chi connectivity index (χ1n) is 9.49. The smallest absolute Gasteiger partial charge is 0.270 e. The van der Waals surface area contributed by atoms with Crippen LogP contribution in [0.25, 0.3) is 0 Å². The van der Waals surface area contributed by atoms with Crippen molar-refractivity contribution < 1.29 is 9.18 Å². The second-order valence-corrected chi connectivity index (χ2v) is 6.85. The van der Waals surface area contributed by atoms with Gasteiger partial charge in [0.15, 0.2) is 0 Å². The Hall–Kier alpha value is -3.35. The lowest BCUT2D eigenvalue weighted by Gasteiger charge is -2.18. The minimum atomic E-state index is -0.269. The predicted molar refractivity (Wildman–Crippen MR) is 110 cm³/mol. The molecule has 0 aliphatic carbocycles. The van der Waals surface area contributed by atoms with E-state index in [1.54, 1.807) is 30.6 Å². The summed E-state index contributed by atoms with van der Waals surface area (Å²) in [5.74, 6) is -0.000960. The van der Waals surface area contributed by atoms with Gasteiger partial charge in [-0.1, -0.05) is 12.1 Å². The number of likely N-dealkylation sites (N-methyl/N-ethyl adjacent to an activating group) is 1. The normalized spacial score (nSPS) is 10.6. The van der Waals surface area contributed by atoms with E-state index < -0.39 is 0 Å². The van der Waals surface area contributed by atoms with E-state index in [2.05, 4.69) is 20.3 Å². The highest BCUT2D eigenvalue weighted by molar-refractivity contribution is 5.92. The summed E-state index contributed by atoms with van der Waals surface area (Å²) in [4.78, 5) is 27.3. The first kappa shape index (κ1) is 20.4. The lowest BCUT2D eigenvalue weighted by Crippen LogP contribution is -2.29. The molecule has 1 aromatic carbocycles. The van der Waals surface area contributed by atoms with Crippen molar-refractivity contribution in [3.63, 3.8) is 0 Å². The molecule has 0 unspecified atom stereocenters. The number of amides is 1. The summed E-state index contributed by atoms with van der Waals surface area (Å²) < 4.78 is 13.0. The first-order valence-corrected chi connectivity index (χ1v) is 9.49. The summed E-state index contributed by atoms with van der Waals surface area (Å²) in [5.41, 5.74) is 3.21. The molecule has 1 N–H and O–H groups in total. The molecule has 0 radical (unpaired) electrons. The molecule has 0 saturated heterocycles. The second-order valence-electron chi connectivity index (χ2n) is 6.85. The maximum Gasteiger partial charge on any atom is 0.270 e. The van der Waals surface area contributed by atoms with E-state index in [-0.39, 0.29) is 11.7 Å². The molecule has 0 atom stereocenters. The van der Waals surface area contributed by atoms with Gasteiger partial charge in [0.05, 0.1) is 0 Å². The number of aromatic nitrogens is 3. The minimum absolute atomic E-state index is 0.249. The third-order valence-corrected chi connectivity index (χ3v) is 4.51. The van der Waals surface area contributed by atoms with Gasteiger partial charge in [-0.15, -0.1) is 0 Å². The number of halogens is 1. The molecule has 2 aromatic heterocycles. The van der Waals surface area contributed by atoms with Crippen molar-refractivity contribution in [2.45, 2.75) is 19.8 Å². The van der Waals surface area contributed by atoms with Crippen molar-refractivity contribution in [1.82, 2.24) is 20.3 Å². The van der Waals surface area contributed by atoms with Crippen LogP contribution in [0.3, 0.4) is 0 Å². The number of hydrogen-bond acceptors (Lipinski definition) is 5. The minimum Gasteiger partial charge on any atom is -0.350 e. The zero-order chi connectivity index (χ0) is 20.6. The van der Waals surface area contributed by atoms with Crippen molar-refractivity contribution in [2.24, 2.45) is 0 Å². The van der Waals surface area contributed by atoms with Gasteiger partial charge in [0.2, 0.25) is 5.95 Å². The van der Waals surface area contributed by atoms with Gasteiger partial charge in [0.1, 0.15) is 11.5 Å². The monoisotopic (exact) mass is 393 g/mol. The van der Waals surface area contributed by atoms with E-state index in [1.165, 1.54) is 17.7 Å². The summed E-state index contributed by atoms with van der Waals surface area (Å²) >= 11 is 0. The van der Waals surface area contributed by atoms with Crippen molar-refractivity contribution in [3.05, 3.63) is 83.2 Å². The fraction of sp³-hybridized carbons (Fsp3) is 0.273. The van der Waals surface area contributed by atoms with Crippen molar-refractivity contribution in [2.75, 3.05) is 25.0 Å². The summed E-state index contributed by atoms with van der Waals surface area (Å²) in [6, 6.07) is 11.9. The number of nitrogens with zero attached hydrogens (tertiary/aromatic N) is 4. The van der Waals surface area contributed by atoms with Crippen LogP contribution in [-0.2, 0) is 12.8 Å². The van der Waals surface area contributed by atoms with Gasteiger partial charge in [-0.05, 0) is 61.2 Å². The van der Waals surface area contributed by atoms with E-state index in [4.69, 9.17) is 0 Å². The fourth-order valence-corrected chi connectivity index (χ4v) is 2.85. The second kappa shape index (κ2) is 9.73. The molecule has 2 heterocycles. The molecule has 0 saturated carbocycles. The molecule has 0 spiro atoms. The Morgan fingerprint density at radius 3 is 2.45 bits per heavy atom. The summed E-state index contributed by atoms with van der Waals surface area (Å²) in [6.07, 6.45) is 4.99. The van der Waals surface area contributed by atoms with Crippen LogP contribution in [0, 0.1) is 12.7 Å². The van der Waals surface area contributed by atoms with Crippen LogP contribution in [0.5, 0.6) is 0 Å². The Labute approximate surface area is 169 Å². The summed E-state index contributed by atoms with van der Waals surface area (Å²) in [5, 5.41) is 2.86. The number of benzene rings is 1. The molecular weight excluding hydrogens is 369 g/mol. The molecule has 3 rings (SSSR count). The highest BCUT2D eigenvalue weighted by atomic mass is 19.1. The highest BCUT2D eigenvalue weighted by Gasteiger charge is 2.13. The van der Waals surface area contributed by atoms with Gasteiger partial charge in [-0.2, -0.15) is 0 Å². The van der Waals surface area contributed by atoms with Crippen molar-refractivity contribution in [3.8, 4) is 0 Å². The lowest BCUT2D eigenvalue weighted by atomic mass is 10.1. The van der Waals surface area contributed by atoms with Crippen LogP contribution in [-0.4, -0.2) is 41.0 Å². The number of hydrogen-bond donors (Lipinski definition) is 1. The van der Waals surface area contributed by atoms with Crippen LogP contribution in [0.2, 0.25) is 0 Å². The quantitative estimate of drug-likeness (QED) is 0.637. The highest BCUT2D eigenvalue weighted by Crippen LogP contribution is 2.10. The molecular formula is C22H24FN5O. The van der Waals surface area contributed by atoms with Gasteiger partial charge in [0, 0.05) is 38.2 Å². The molecule has 0 bridgehead atoms. The fourth-order valence-electron chi connectivity index (χ4n) is 2.85. The molecule has 0 fully saturated rings. The van der Waals surface area contributed by atoms with Gasteiger partial charge < -0.3 is 10.2 Å². The number of pyridine rings is 1. The zero-order valence-electron chi connectivity index (χ0n) is 16.6. The van der Waals surface area contributed by atoms with E-state index in [1.807, 2.05) is 31.0 Å². The van der Waals surface area contributed by atoms with Crippen LogP contribution >= 0.6 is 0 Å². The van der Waals surface area contributed by atoms with Crippen LogP contribution in [0.4, 0.5) is 10.3 Å². The zero-order valence-corrected chi connectivity index (χ0v) is 16.6. The lowest BCUT2D eigenvalue weighted by molar-refractivity contribution is 0.0949. The third kappa shape index (κ3) is 6.07. The maximum absolute atomic E-state index is 13.0. The number of carbonyl (C=O) groups excluding carboxylic acids is 1. The van der Waals surface area contributed by atoms with E-state index in [0.717, 1.165) is 24.2 Å². The van der Waals surface area contributed by atoms with E-state index >= 15 is 0 Å². The average Bonchev–Trinajstić information content (AvgIpc) is 2.73. The third-order valence-electron chi connectivity index (χ3n) is 4.51. The van der Waals surface area contributed by atoms with Crippen molar-refractivity contribution >= 4 is 11.9 Å². The molecule has 0 aliphatic rings. The standard InChI is InChI=1S/C22H24FN5O/c1-16-15-20(21(29)25-13-9-17-3-5-19(23)6-4-17)27-22(26-16)28(2)14-10-18-7-11-24-12-8-18/h3-8,11-12,15H,9-10,13-14H2,1-2H3,(H,25,29). The topological polar surface area (TPSA) is 71.0 Å². The van der Waals surface area contributed by atoms with Crippen LogP contribution in [0.15, 0.2) is 54.9 Å². The summed E-state index contributed by atoms with van der Waals surface area (Å²) in [7, 11) is 1.91.